The number of amides is 2. The molecular formula is C17H16N2O3. The van der Waals surface area contributed by atoms with Gasteiger partial charge in [0.1, 0.15) is 5.75 Å². The molecule has 2 aromatic carbocycles. The summed E-state index contributed by atoms with van der Waals surface area (Å²) in [5, 5.41) is 5.64. The van der Waals surface area contributed by atoms with E-state index in [0.717, 1.165) is 5.56 Å². The smallest absolute Gasteiger partial charge is 0.262 e. The van der Waals surface area contributed by atoms with Gasteiger partial charge in [-0.05, 0) is 30.7 Å². The van der Waals surface area contributed by atoms with E-state index in [4.69, 9.17) is 4.74 Å². The summed E-state index contributed by atoms with van der Waals surface area (Å²) < 4.78 is 5.32. The van der Waals surface area contributed by atoms with E-state index < -0.39 is 0 Å². The van der Waals surface area contributed by atoms with Gasteiger partial charge in [0.2, 0.25) is 0 Å². The van der Waals surface area contributed by atoms with Gasteiger partial charge in [-0.1, -0.05) is 30.3 Å². The first kappa shape index (κ1) is 14.1. The van der Waals surface area contributed by atoms with Gasteiger partial charge >= 0.3 is 0 Å². The minimum Gasteiger partial charge on any atom is -0.482 e. The summed E-state index contributed by atoms with van der Waals surface area (Å²) in [4.78, 5) is 23.6. The van der Waals surface area contributed by atoms with Crippen molar-refractivity contribution in [3.05, 3.63) is 59.7 Å². The van der Waals surface area contributed by atoms with Crippen LogP contribution in [0, 0.1) is 0 Å². The minimum absolute atomic E-state index is 0.0293. The van der Waals surface area contributed by atoms with Crippen LogP contribution in [0.1, 0.15) is 28.9 Å². The van der Waals surface area contributed by atoms with Crippen LogP contribution in [0.2, 0.25) is 0 Å². The van der Waals surface area contributed by atoms with Gasteiger partial charge in [0.15, 0.2) is 6.61 Å². The Labute approximate surface area is 128 Å². The zero-order chi connectivity index (χ0) is 15.5. The van der Waals surface area contributed by atoms with Gasteiger partial charge in [0.05, 0.1) is 11.7 Å². The molecule has 1 unspecified atom stereocenters. The van der Waals surface area contributed by atoms with Gasteiger partial charge in [0, 0.05) is 5.56 Å². The molecule has 0 aliphatic carbocycles. The molecule has 3 rings (SSSR count). The van der Waals surface area contributed by atoms with Crippen LogP contribution >= 0.6 is 0 Å². The summed E-state index contributed by atoms with van der Waals surface area (Å²) in [7, 11) is 0. The van der Waals surface area contributed by atoms with Crippen LogP contribution in [-0.2, 0) is 4.79 Å². The number of ether oxygens (including phenoxy) is 1. The quantitative estimate of drug-likeness (QED) is 0.914. The second-order valence-corrected chi connectivity index (χ2v) is 5.15. The van der Waals surface area contributed by atoms with Crippen molar-refractivity contribution >= 4 is 17.5 Å². The van der Waals surface area contributed by atoms with E-state index in [1.165, 1.54) is 0 Å². The van der Waals surface area contributed by atoms with Crippen molar-refractivity contribution in [2.75, 3.05) is 11.9 Å². The molecule has 112 valence electrons. The molecular weight excluding hydrogens is 280 g/mol. The van der Waals surface area contributed by atoms with Crippen LogP contribution < -0.4 is 15.4 Å². The summed E-state index contributed by atoms with van der Waals surface area (Å²) in [6.45, 7) is 1.90. The number of carbonyl (C=O) groups is 2. The van der Waals surface area contributed by atoms with E-state index in [1.807, 2.05) is 37.3 Å². The van der Waals surface area contributed by atoms with Crippen molar-refractivity contribution in [1.29, 1.82) is 0 Å². The highest BCUT2D eigenvalue weighted by molar-refractivity contribution is 5.99. The Kier molecular flexibility index (Phi) is 3.78. The lowest BCUT2D eigenvalue weighted by Crippen LogP contribution is -2.28. The van der Waals surface area contributed by atoms with Gasteiger partial charge in [-0.15, -0.1) is 0 Å². The second-order valence-electron chi connectivity index (χ2n) is 5.15. The molecule has 1 heterocycles. The number of anilines is 1. The highest BCUT2D eigenvalue weighted by Crippen LogP contribution is 2.28. The molecule has 5 nitrogen and oxygen atoms in total. The molecule has 2 amide bonds. The number of nitrogens with one attached hydrogen (secondary N) is 2. The van der Waals surface area contributed by atoms with Crippen LogP contribution in [0.25, 0.3) is 0 Å². The predicted molar refractivity (Wildman–Crippen MR) is 82.9 cm³/mol. The predicted octanol–water partition coefficient (Wildman–Crippen LogP) is 2.51. The van der Waals surface area contributed by atoms with Gasteiger partial charge in [-0.25, -0.2) is 0 Å². The number of hydrogen-bond donors (Lipinski definition) is 2. The molecule has 2 aromatic rings. The highest BCUT2D eigenvalue weighted by Gasteiger charge is 2.18. The number of benzene rings is 2. The Morgan fingerprint density at radius 3 is 2.77 bits per heavy atom. The first-order valence-corrected chi connectivity index (χ1v) is 7.06. The van der Waals surface area contributed by atoms with Crippen molar-refractivity contribution in [3.63, 3.8) is 0 Å². The van der Waals surface area contributed by atoms with E-state index in [9.17, 15) is 9.59 Å². The Morgan fingerprint density at radius 2 is 2.00 bits per heavy atom. The standard InChI is InChI=1S/C17H16N2O3/c1-11(12-5-3-2-4-6-12)18-17(21)13-7-8-14-15(9-13)22-10-16(20)19-14/h2-9,11H,10H2,1H3,(H,18,21)(H,19,20). The average molecular weight is 296 g/mol. The van der Waals surface area contributed by atoms with Crippen molar-refractivity contribution in [3.8, 4) is 5.75 Å². The Bertz CT molecular complexity index is 713. The number of rotatable bonds is 3. The summed E-state index contributed by atoms with van der Waals surface area (Å²) in [5.41, 5.74) is 2.12. The highest BCUT2D eigenvalue weighted by atomic mass is 16.5. The van der Waals surface area contributed by atoms with Gasteiger partial charge in [0.25, 0.3) is 11.8 Å². The third-order valence-electron chi connectivity index (χ3n) is 3.52. The van der Waals surface area contributed by atoms with E-state index >= 15 is 0 Å². The fourth-order valence-electron chi connectivity index (χ4n) is 2.32. The first-order chi connectivity index (χ1) is 10.6. The molecule has 0 saturated heterocycles. The lowest BCUT2D eigenvalue weighted by molar-refractivity contribution is -0.118. The molecule has 2 N–H and O–H groups in total. The maximum absolute atomic E-state index is 12.3. The Balaban J connectivity index is 1.74. The van der Waals surface area contributed by atoms with Crippen LogP contribution in [0.4, 0.5) is 5.69 Å². The van der Waals surface area contributed by atoms with Gasteiger partial charge in [-0.2, -0.15) is 0 Å². The van der Waals surface area contributed by atoms with Gasteiger partial charge < -0.3 is 15.4 Å². The molecule has 0 fully saturated rings. The van der Waals surface area contributed by atoms with E-state index in [-0.39, 0.29) is 24.5 Å². The molecule has 0 aromatic heterocycles. The van der Waals surface area contributed by atoms with E-state index in [2.05, 4.69) is 10.6 Å². The zero-order valence-electron chi connectivity index (χ0n) is 12.1. The summed E-state index contributed by atoms with van der Waals surface area (Å²) in [6, 6.07) is 14.6. The maximum Gasteiger partial charge on any atom is 0.262 e. The Hall–Kier alpha value is -2.82. The van der Waals surface area contributed by atoms with Gasteiger partial charge in [-0.3, -0.25) is 9.59 Å². The molecule has 22 heavy (non-hydrogen) atoms. The summed E-state index contributed by atoms with van der Waals surface area (Å²) in [5.74, 6) is 0.140. The third-order valence-corrected chi connectivity index (χ3v) is 3.52. The fraction of sp³-hybridized carbons (Fsp3) is 0.176. The first-order valence-electron chi connectivity index (χ1n) is 7.06. The maximum atomic E-state index is 12.3. The molecule has 5 heteroatoms. The monoisotopic (exact) mass is 296 g/mol. The molecule has 1 atom stereocenters. The zero-order valence-corrected chi connectivity index (χ0v) is 12.1. The topological polar surface area (TPSA) is 67.4 Å². The Morgan fingerprint density at radius 1 is 1.23 bits per heavy atom. The second kappa shape index (κ2) is 5.89. The van der Waals surface area contributed by atoms with Crippen LogP contribution in [0.3, 0.4) is 0 Å². The average Bonchev–Trinajstić information content (AvgIpc) is 2.55. The normalized spacial score (nSPS) is 14.3. The minimum atomic E-state index is -0.192. The molecule has 1 aliphatic rings. The van der Waals surface area contributed by atoms with Crippen molar-refractivity contribution in [1.82, 2.24) is 5.32 Å². The largest absolute Gasteiger partial charge is 0.482 e. The fourth-order valence-corrected chi connectivity index (χ4v) is 2.32. The van der Waals surface area contributed by atoms with Crippen molar-refractivity contribution < 1.29 is 14.3 Å². The molecule has 0 radical (unpaired) electrons. The molecule has 0 bridgehead atoms. The number of carbonyl (C=O) groups excluding carboxylic acids is 2. The van der Waals surface area contributed by atoms with Crippen LogP contribution in [0.5, 0.6) is 5.75 Å². The number of hydrogen-bond acceptors (Lipinski definition) is 3. The summed E-state index contributed by atoms with van der Waals surface area (Å²) >= 11 is 0. The lowest BCUT2D eigenvalue weighted by atomic mass is 10.1. The number of fused-ring (bicyclic) bond motifs is 1. The molecule has 0 saturated carbocycles. The van der Waals surface area contributed by atoms with E-state index in [0.29, 0.717) is 17.0 Å². The van der Waals surface area contributed by atoms with E-state index in [1.54, 1.807) is 18.2 Å². The molecule has 1 aliphatic heterocycles. The van der Waals surface area contributed by atoms with Crippen molar-refractivity contribution in [2.45, 2.75) is 13.0 Å². The third kappa shape index (κ3) is 2.93. The SMILES string of the molecule is CC(NC(=O)c1ccc2c(c1)OCC(=O)N2)c1ccccc1. The molecule has 0 spiro atoms. The lowest BCUT2D eigenvalue weighted by Gasteiger charge is -2.19. The van der Waals surface area contributed by atoms with Crippen LogP contribution in [0.15, 0.2) is 48.5 Å². The van der Waals surface area contributed by atoms with Crippen LogP contribution in [-0.4, -0.2) is 18.4 Å². The summed E-state index contributed by atoms with van der Waals surface area (Å²) in [6.07, 6.45) is 0. The van der Waals surface area contributed by atoms with Crippen molar-refractivity contribution in [2.24, 2.45) is 0 Å².